The van der Waals surface area contributed by atoms with E-state index in [1.54, 1.807) is 27.7 Å². The molecule has 88 valence electrons. The van der Waals surface area contributed by atoms with Crippen LogP contribution < -0.4 is 0 Å². The number of ketones is 1. The molecule has 1 N–H and O–H groups in total. The van der Waals surface area contributed by atoms with Crippen LogP contribution in [0.2, 0.25) is 0 Å². The highest BCUT2D eigenvalue weighted by atomic mass is 19.1. The molecule has 2 nitrogen and oxygen atoms in total. The van der Waals surface area contributed by atoms with Crippen molar-refractivity contribution in [1.29, 1.82) is 0 Å². The van der Waals surface area contributed by atoms with E-state index in [4.69, 9.17) is 0 Å². The largest absolute Gasteiger partial charge is 0.384 e. The van der Waals surface area contributed by atoms with Crippen LogP contribution in [0.25, 0.3) is 0 Å². The molecule has 0 amide bonds. The molecular formula is C13H17FO2. The fraction of sp³-hybridized carbons (Fsp3) is 0.462. The predicted molar refractivity (Wildman–Crippen MR) is 60.9 cm³/mol. The number of hydrogen-bond acceptors (Lipinski definition) is 2. The molecule has 1 atom stereocenters. The van der Waals surface area contributed by atoms with E-state index in [1.807, 2.05) is 0 Å². The van der Waals surface area contributed by atoms with Gasteiger partial charge in [-0.25, -0.2) is 4.39 Å². The van der Waals surface area contributed by atoms with Crippen molar-refractivity contribution in [3.63, 3.8) is 0 Å². The lowest BCUT2D eigenvalue weighted by Gasteiger charge is -2.25. The maximum absolute atomic E-state index is 13.0. The number of halogens is 1. The minimum atomic E-state index is -1.12. The van der Waals surface area contributed by atoms with Crippen LogP contribution >= 0.6 is 0 Å². The molecule has 0 heterocycles. The number of aliphatic hydroxyl groups is 1. The Morgan fingerprint density at radius 2 is 1.94 bits per heavy atom. The second-order valence-corrected chi connectivity index (χ2v) is 5.09. The van der Waals surface area contributed by atoms with Crippen molar-refractivity contribution in [2.24, 2.45) is 5.41 Å². The van der Waals surface area contributed by atoms with Gasteiger partial charge in [0.1, 0.15) is 11.9 Å². The first kappa shape index (κ1) is 12.8. The van der Waals surface area contributed by atoms with E-state index in [0.717, 1.165) is 0 Å². The van der Waals surface area contributed by atoms with Gasteiger partial charge in [-0.2, -0.15) is 0 Å². The topological polar surface area (TPSA) is 37.3 Å². The van der Waals surface area contributed by atoms with Gasteiger partial charge in [0, 0.05) is 5.56 Å². The number of benzene rings is 1. The highest BCUT2D eigenvalue weighted by molar-refractivity contribution is 6.00. The quantitative estimate of drug-likeness (QED) is 0.784. The second-order valence-electron chi connectivity index (χ2n) is 5.09. The number of hydrogen-bond donors (Lipinski definition) is 1. The van der Waals surface area contributed by atoms with Gasteiger partial charge in [0.25, 0.3) is 0 Å². The molecule has 3 heteroatoms. The normalized spacial score (nSPS) is 13.6. The number of carbonyl (C=O) groups is 1. The Balaban J connectivity index is 3.10. The van der Waals surface area contributed by atoms with Gasteiger partial charge in [-0.05, 0) is 30.0 Å². The first-order valence-electron chi connectivity index (χ1n) is 5.22. The minimum Gasteiger partial charge on any atom is -0.384 e. The van der Waals surface area contributed by atoms with E-state index < -0.39 is 23.1 Å². The van der Waals surface area contributed by atoms with E-state index >= 15 is 0 Å². The summed E-state index contributed by atoms with van der Waals surface area (Å²) < 4.78 is 13.0. The van der Waals surface area contributed by atoms with Crippen LogP contribution in [-0.2, 0) is 0 Å². The fourth-order valence-corrected chi connectivity index (χ4v) is 1.40. The maximum atomic E-state index is 13.0. The molecule has 0 radical (unpaired) electrons. The van der Waals surface area contributed by atoms with Crippen LogP contribution in [0.1, 0.15) is 36.7 Å². The van der Waals surface area contributed by atoms with Crippen molar-refractivity contribution in [1.82, 2.24) is 0 Å². The summed E-state index contributed by atoms with van der Waals surface area (Å²) in [6, 6.07) is 4.01. The smallest absolute Gasteiger partial charge is 0.192 e. The van der Waals surface area contributed by atoms with Crippen molar-refractivity contribution >= 4 is 5.78 Å². The van der Waals surface area contributed by atoms with E-state index in [-0.39, 0.29) is 5.56 Å². The molecule has 16 heavy (non-hydrogen) atoms. The van der Waals surface area contributed by atoms with Gasteiger partial charge in [0.05, 0.1) is 0 Å². The third-order valence-electron chi connectivity index (χ3n) is 2.53. The van der Waals surface area contributed by atoms with Gasteiger partial charge in [-0.15, -0.1) is 0 Å². The number of carbonyl (C=O) groups excluding carboxylic acids is 1. The van der Waals surface area contributed by atoms with E-state index in [0.29, 0.717) is 5.56 Å². The van der Waals surface area contributed by atoms with Gasteiger partial charge >= 0.3 is 0 Å². The van der Waals surface area contributed by atoms with Crippen molar-refractivity contribution < 1.29 is 14.3 Å². The summed E-state index contributed by atoms with van der Waals surface area (Å²) in [5, 5.41) is 9.85. The molecule has 0 saturated heterocycles. The summed E-state index contributed by atoms with van der Waals surface area (Å²) in [5.41, 5.74) is 0.382. The van der Waals surface area contributed by atoms with E-state index in [9.17, 15) is 14.3 Å². The van der Waals surface area contributed by atoms with Crippen molar-refractivity contribution in [3.8, 4) is 0 Å². The first-order valence-corrected chi connectivity index (χ1v) is 5.22. The molecule has 0 aliphatic heterocycles. The minimum absolute atomic E-state index is 0.252. The zero-order chi connectivity index (χ0) is 12.5. The van der Waals surface area contributed by atoms with Crippen LogP contribution in [0.15, 0.2) is 18.2 Å². The van der Waals surface area contributed by atoms with Crippen LogP contribution in [0.4, 0.5) is 4.39 Å². The molecule has 1 rings (SSSR count). The maximum Gasteiger partial charge on any atom is 0.192 e. The molecule has 1 aromatic rings. The van der Waals surface area contributed by atoms with Crippen molar-refractivity contribution in [2.75, 3.05) is 0 Å². The highest BCUT2D eigenvalue weighted by Crippen LogP contribution is 2.24. The molecule has 0 aliphatic rings. The van der Waals surface area contributed by atoms with Crippen molar-refractivity contribution in [2.45, 2.75) is 33.8 Å². The van der Waals surface area contributed by atoms with Crippen LogP contribution in [0.3, 0.4) is 0 Å². The lowest BCUT2D eigenvalue weighted by Crippen LogP contribution is -2.34. The predicted octanol–water partition coefficient (Wildman–Crippen LogP) is 2.72. The summed E-state index contributed by atoms with van der Waals surface area (Å²) in [6.07, 6.45) is -1.12. The number of Topliss-reactive ketones (excluding diaryl/α,β-unsaturated/α-hetero) is 1. The van der Waals surface area contributed by atoms with E-state index in [2.05, 4.69) is 0 Å². The van der Waals surface area contributed by atoms with Crippen LogP contribution in [0, 0.1) is 18.2 Å². The number of aliphatic hydroxyl groups excluding tert-OH is 1. The molecule has 0 saturated carbocycles. The van der Waals surface area contributed by atoms with Gasteiger partial charge in [-0.3, -0.25) is 4.79 Å². The Hall–Kier alpha value is -1.22. The molecule has 1 unspecified atom stereocenters. The molecule has 0 spiro atoms. The van der Waals surface area contributed by atoms with Gasteiger partial charge in [0.15, 0.2) is 5.78 Å². The molecule has 0 aromatic heterocycles. The van der Waals surface area contributed by atoms with Gasteiger partial charge in [-0.1, -0.05) is 26.8 Å². The van der Waals surface area contributed by atoms with Gasteiger partial charge in [0.2, 0.25) is 0 Å². The molecular weight excluding hydrogens is 207 g/mol. The first-order chi connectivity index (χ1) is 7.23. The zero-order valence-corrected chi connectivity index (χ0v) is 10.0. The molecule has 0 fully saturated rings. The van der Waals surface area contributed by atoms with Gasteiger partial charge < -0.3 is 5.11 Å². The number of aryl methyl sites for hydroxylation is 1. The average molecular weight is 224 g/mol. The molecule has 0 aliphatic carbocycles. The summed E-state index contributed by atoms with van der Waals surface area (Å²) in [6.45, 7) is 7.03. The Kier molecular flexibility index (Phi) is 3.48. The summed E-state index contributed by atoms with van der Waals surface area (Å²) in [7, 11) is 0. The SMILES string of the molecule is Cc1ccc(F)cc1C(=O)C(O)C(C)(C)C. The zero-order valence-electron chi connectivity index (χ0n) is 10.0. The van der Waals surface area contributed by atoms with Crippen LogP contribution in [-0.4, -0.2) is 17.0 Å². The summed E-state index contributed by atoms with van der Waals surface area (Å²) in [4.78, 5) is 11.9. The summed E-state index contributed by atoms with van der Waals surface area (Å²) >= 11 is 0. The monoisotopic (exact) mass is 224 g/mol. The number of rotatable bonds is 2. The fourth-order valence-electron chi connectivity index (χ4n) is 1.40. The Labute approximate surface area is 95.1 Å². The standard InChI is InChI=1S/C13H17FO2/c1-8-5-6-9(14)7-10(8)11(15)12(16)13(2,3)4/h5-7,12,16H,1-4H3. The van der Waals surface area contributed by atoms with E-state index in [1.165, 1.54) is 18.2 Å². The Morgan fingerprint density at radius 3 is 2.44 bits per heavy atom. The Morgan fingerprint density at radius 1 is 1.38 bits per heavy atom. The van der Waals surface area contributed by atoms with Crippen molar-refractivity contribution in [3.05, 3.63) is 35.1 Å². The third-order valence-corrected chi connectivity index (χ3v) is 2.53. The average Bonchev–Trinajstić information content (AvgIpc) is 2.18. The van der Waals surface area contributed by atoms with Crippen LogP contribution in [0.5, 0.6) is 0 Å². The highest BCUT2D eigenvalue weighted by Gasteiger charge is 2.30. The molecule has 1 aromatic carbocycles. The third kappa shape index (κ3) is 2.67. The second kappa shape index (κ2) is 4.34. The Bertz CT molecular complexity index is 405. The summed E-state index contributed by atoms with van der Waals surface area (Å²) in [5.74, 6) is -0.889. The molecule has 0 bridgehead atoms. The lowest BCUT2D eigenvalue weighted by atomic mass is 9.84. The lowest BCUT2D eigenvalue weighted by molar-refractivity contribution is 0.0441.